The molecule has 4 heteroatoms. The molecular weight excluding hydrogens is 254 g/mol. The molecule has 0 aliphatic carbocycles. The maximum absolute atomic E-state index is 8.97. The third kappa shape index (κ3) is 1.92. The molecule has 0 saturated heterocycles. The maximum Gasteiger partial charge on any atom is 0.101 e. The van der Waals surface area contributed by atoms with Gasteiger partial charge in [0.25, 0.3) is 0 Å². The lowest BCUT2D eigenvalue weighted by Gasteiger charge is -2.04. The Morgan fingerprint density at radius 1 is 1.40 bits per heavy atom. The first-order valence-electron chi connectivity index (χ1n) is 4.43. The van der Waals surface area contributed by atoms with Crippen molar-refractivity contribution in [1.29, 1.82) is 5.26 Å². The van der Waals surface area contributed by atoms with Crippen molar-refractivity contribution in [2.75, 3.05) is 0 Å². The van der Waals surface area contributed by atoms with Crippen LogP contribution in [0.4, 0.5) is 0 Å². The second kappa shape index (κ2) is 3.87. The van der Waals surface area contributed by atoms with Gasteiger partial charge in [-0.3, -0.25) is 0 Å². The Balaban J connectivity index is 2.61. The summed E-state index contributed by atoms with van der Waals surface area (Å²) in [5.74, 6) is 0. The highest BCUT2D eigenvalue weighted by Gasteiger charge is 2.05. The van der Waals surface area contributed by atoms with Crippen LogP contribution >= 0.6 is 15.9 Å². The largest absolute Gasteiger partial charge is 0.239 e. The van der Waals surface area contributed by atoms with E-state index in [9.17, 15) is 0 Å². The highest BCUT2D eigenvalue weighted by atomic mass is 79.9. The first kappa shape index (κ1) is 9.94. The van der Waals surface area contributed by atoms with Gasteiger partial charge < -0.3 is 0 Å². The molecule has 0 aliphatic rings. The predicted molar refractivity (Wildman–Crippen MR) is 60.7 cm³/mol. The standard InChI is InChI=1S/C11H8BrN3/c1-8-4-5-15(14-8)11-6-10(12)3-2-9(11)7-13/h2-6H,1H3. The summed E-state index contributed by atoms with van der Waals surface area (Å²) in [6, 6.07) is 9.55. The van der Waals surface area contributed by atoms with Gasteiger partial charge in [0, 0.05) is 10.7 Å². The first-order valence-corrected chi connectivity index (χ1v) is 5.22. The average Bonchev–Trinajstić information content (AvgIpc) is 2.65. The van der Waals surface area contributed by atoms with Gasteiger partial charge in [-0.2, -0.15) is 10.4 Å². The van der Waals surface area contributed by atoms with Crippen molar-refractivity contribution >= 4 is 15.9 Å². The molecule has 0 spiro atoms. The molecule has 3 nitrogen and oxygen atoms in total. The molecule has 0 fully saturated rings. The minimum atomic E-state index is 0.612. The number of rotatable bonds is 1. The number of nitrogens with zero attached hydrogens (tertiary/aromatic N) is 3. The molecular formula is C11H8BrN3. The van der Waals surface area contributed by atoms with Gasteiger partial charge in [0.05, 0.1) is 16.9 Å². The van der Waals surface area contributed by atoms with Gasteiger partial charge >= 0.3 is 0 Å². The molecule has 15 heavy (non-hydrogen) atoms. The van der Waals surface area contributed by atoms with Crippen molar-refractivity contribution in [3.8, 4) is 11.8 Å². The van der Waals surface area contributed by atoms with Gasteiger partial charge in [0.15, 0.2) is 0 Å². The fraction of sp³-hybridized carbons (Fsp3) is 0.0909. The van der Waals surface area contributed by atoms with Crippen molar-refractivity contribution in [2.24, 2.45) is 0 Å². The van der Waals surface area contributed by atoms with Gasteiger partial charge in [-0.05, 0) is 31.2 Å². The van der Waals surface area contributed by atoms with Gasteiger partial charge in [0.2, 0.25) is 0 Å². The Kier molecular flexibility index (Phi) is 2.57. The summed E-state index contributed by atoms with van der Waals surface area (Å²) in [5.41, 5.74) is 2.33. The molecule has 0 amide bonds. The number of nitriles is 1. The van der Waals surface area contributed by atoms with E-state index >= 15 is 0 Å². The van der Waals surface area contributed by atoms with Crippen molar-refractivity contribution in [3.63, 3.8) is 0 Å². The van der Waals surface area contributed by atoms with Crippen LogP contribution in [-0.4, -0.2) is 9.78 Å². The maximum atomic E-state index is 8.97. The molecule has 0 saturated carbocycles. The molecule has 0 radical (unpaired) electrons. The number of aryl methyl sites for hydroxylation is 1. The monoisotopic (exact) mass is 261 g/mol. The van der Waals surface area contributed by atoms with Crippen LogP contribution in [0, 0.1) is 18.3 Å². The third-order valence-electron chi connectivity index (χ3n) is 2.05. The zero-order chi connectivity index (χ0) is 10.8. The summed E-state index contributed by atoms with van der Waals surface area (Å²) in [5, 5.41) is 13.2. The quantitative estimate of drug-likeness (QED) is 0.792. The molecule has 1 heterocycles. The van der Waals surface area contributed by atoms with E-state index in [1.165, 1.54) is 0 Å². The van der Waals surface area contributed by atoms with E-state index in [4.69, 9.17) is 5.26 Å². The van der Waals surface area contributed by atoms with Crippen LogP contribution in [0.2, 0.25) is 0 Å². The highest BCUT2D eigenvalue weighted by Crippen LogP contribution is 2.19. The van der Waals surface area contributed by atoms with Gasteiger partial charge in [-0.1, -0.05) is 15.9 Å². The Bertz CT molecular complexity index is 537. The van der Waals surface area contributed by atoms with E-state index < -0.39 is 0 Å². The van der Waals surface area contributed by atoms with Crippen LogP contribution in [0.5, 0.6) is 0 Å². The topological polar surface area (TPSA) is 41.6 Å². The summed E-state index contributed by atoms with van der Waals surface area (Å²) >= 11 is 3.38. The lowest BCUT2D eigenvalue weighted by molar-refractivity contribution is 0.859. The van der Waals surface area contributed by atoms with E-state index in [0.717, 1.165) is 15.9 Å². The first-order chi connectivity index (χ1) is 7.20. The molecule has 1 aromatic carbocycles. The van der Waals surface area contributed by atoms with Crippen LogP contribution < -0.4 is 0 Å². The summed E-state index contributed by atoms with van der Waals surface area (Å²) in [7, 11) is 0. The molecule has 0 unspecified atom stereocenters. The van der Waals surface area contributed by atoms with E-state index in [1.807, 2.05) is 31.3 Å². The normalized spacial score (nSPS) is 9.93. The van der Waals surface area contributed by atoms with Crippen molar-refractivity contribution in [2.45, 2.75) is 6.92 Å². The molecule has 0 atom stereocenters. The Morgan fingerprint density at radius 2 is 2.20 bits per heavy atom. The summed E-state index contributed by atoms with van der Waals surface area (Å²) < 4.78 is 2.64. The molecule has 1 aromatic heterocycles. The predicted octanol–water partition coefficient (Wildman–Crippen LogP) is 2.81. The fourth-order valence-electron chi connectivity index (χ4n) is 1.34. The SMILES string of the molecule is Cc1ccn(-c2cc(Br)ccc2C#N)n1. The van der Waals surface area contributed by atoms with Crippen molar-refractivity contribution in [3.05, 3.63) is 46.2 Å². The average molecular weight is 262 g/mol. The molecule has 0 aliphatic heterocycles. The minimum absolute atomic E-state index is 0.612. The van der Waals surface area contributed by atoms with Crippen LogP contribution in [0.1, 0.15) is 11.3 Å². The fourth-order valence-corrected chi connectivity index (χ4v) is 1.69. The molecule has 0 bridgehead atoms. The second-order valence-electron chi connectivity index (χ2n) is 3.17. The number of hydrogen-bond donors (Lipinski definition) is 0. The Hall–Kier alpha value is -1.60. The van der Waals surface area contributed by atoms with Crippen molar-refractivity contribution < 1.29 is 0 Å². The zero-order valence-electron chi connectivity index (χ0n) is 8.11. The van der Waals surface area contributed by atoms with Crippen LogP contribution in [0.3, 0.4) is 0 Å². The van der Waals surface area contributed by atoms with Gasteiger partial charge in [0.1, 0.15) is 6.07 Å². The molecule has 2 rings (SSSR count). The van der Waals surface area contributed by atoms with Crippen LogP contribution in [0.25, 0.3) is 5.69 Å². The van der Waals surface area contributed by atoms with Crippen LogP contribution in [-0.2, 0) is 0 Å². The summed E-state index contributed by atoms with van der Waals surface area (Å²) in [4.78, 5) is 0. The third-order valence-corrected chi connectivity index (χ3v) is 2.54. The van der Waals surface area contributed by atoms with E-state index in [2.05, 4.69) is 27.1 Å². The number of halogens is 1. The number of aromatic nitrogens is 2. The molecule has 2 aromatic rings. The van der Waals surface area contributed by atoms with Crippen LogP contribution in [0.15, 0.2) is 34.9 Å². The summed E-state index contributed by atoms with van der Waals surface area (Å²) in [6.07, 6.45) is 1.85. The lowest BCUT2D eigenvalue weighted by atomic mass is 10.2. The van der Waals surface area contributed by atoms with Crippen molar-refractivity contribution in [1.82, 2.24) is 9.78 Å². The van der Waals surface area contributed by atoms with Gasteiger partial charge in [-0.15, -0.1) is 0 Å². The smallest absolute Gasteiger partial charge is 0.101 e. The Labute approximate surface area is 96.1 Å². The highest BCUT2D eigenvalue weighted by molar-refractivity contribution is 9.10. The number of hydrogen-bond acceptors (Lipinski definition) is 2. The van der Waals surface area contributed by atoms with E-state index in [0.29, 0.717) is 5.56 Å². The van der Waals surface area contributed by atoms with Gasteiger partial charge in [-0.25, -0.2) is 4.68 Å². The Morgan fingerprint density at radius 3 is 2.80 bits per heavy atom. The second-order valence-corrected chi connectivity index (χ2v) is 4.09. The molecule has 0 N–H and O–H groups in total. The van der Waals surface area contributed by atoms with E-state index in [-0.39, 0.29) is 0 Å². The molecule has 74 valence electrons. The van der Waals surface area contributed by atoms with E-state index in [1.54, 1.807) is 10.7 Å². The lowest BCUT2D eigenvalue weighted by Crippen LogP contribution is -1.98. The minimum Gasteiger partial charge on any atom is -0.239 e. The zero-order valence-corrected chi connectivity index (χ0v) is 9.69. The summed E-state index contributed by atoms with van der Waals surface area (Å²) in [6.45, 7) is 1.92. The number of benzene rings is 1.